The fourth-order valence-electron chi connectivity index (χ4n) is 3.46. The first-order valence-corrected chi connectivity index (χ1v) is 8.19. The molecule has 1 aromatic rings. The van der Waals surface area contributed by atoms with E-state index in [9.17, 15) is 14.4 Å². The van der Waals surface area contributed by atoms with Crippen molar-refractivity contribution in [3.05, 3.63) is 31.5 Å². The quantitative estimate of drug-likeness (QED) is 0.354. The van der Waals surface area contributed by atoms with E-state index >= 15 is 0 Å². The molecule has 3 saturated heterocycles. The lowest BCUT2D eigenvalue weighted by molar-refractivity contribution is 0.0673. The summed E-state index contributed by atoms with van der Waals surface area (Å²) in [5, 5.41) is 0. The average molecular weight is 355 g/mol. The lowest BCUT2D eigenvalue weighted by Gasteiger charge is -2.46. The molecular formula is C14H21N5O6. The van der Waals surface area contributed by atoms with Gasteiger partial charge in [-0.2, -0.15) is 0 Å². The summed E-state index contributed by atoms with van der Waals surface area (Å²) in [5.74, 6) is 0. The van der Waals surface area contributed by atoms with Crippen LogP contribution in [-0.4, -0.2) is 58.2 Å². The zero-order valence-corrected chi connectivity index (χ0v) is 13.5. The van der Waals surface area contributed by atoms with Crippen molar-refractivity contribution >= 4 is 0 Å². The molecule has 0 amide bonds. The van der Waals surface area contributed by atoms with Gasteiger partial charge in [0.05, 0.1) is 43.7 Å². The fourth-order valence-corrected chi connectivity index (χ4v) is 3.46. The summed E-state index contributed by atoms with van der Waals surface area (Å²) in [6.07, 6.45) is 0.528. The third-order valence-corrected chi connectivity index (χ3v) is 5.04. The Morgan fingerprint density at radius 2 is 1.28 bits per heavy atom. The number of hydrogen-bond donors (Lipinski definition) is 4. The summed E-state index contributed by atoms with van der Waals surface area (Å²) in [7, 11) is 0. The molecule has 3 aliphatic heterocycles. The van der Waals surface area contributed by atoms with Gasteiger partial charge in [-0.05, 0) is 12.8 Å². The number of rotatable bonds is 8. The van der Waals surface area contributed by atoms with Gasteiger partial charge in [0.25, 0.3) is 0 Å². The van der Waals surface area contributed by atoms with Crippen LogP contribution in [0.15, 0.2) is 14.4 Å². The second-order valence-electron chi connectivity index (χ2n) is 7.08. The van der Waals surface area contributed by atoms with Crippen molar-refractivity contribution in [2.24, 2.45) is 11.5 Å². The van der Waals surface area contributed by atoms with E-state index in [-0.39, 0.29) is 24.7 Å². The van der Waals surface area contributed by atoms with Crippen LogP contribution in [0.3, 0.4) is 0 Å². The summed E-state index contributed by atoms with van der Waals surface area (Å²) in [6.45, 7) is 1.58. The highest BCUT2D eigenvalue weighted by Crippen LogP contribution is 2.40. The molecule has 4 unspecified atom stereocenters. The molecule has 11 heteroatoms. The molecule has 1 aromatic heterocycles. The molecule has 25 heavy (non-hydrogen) atoms. The molecule has 0 spiro atoms. The smallest absolute Gasteiger partial charge is 0.335 e. The van der Waals surface area contributed by atoms with Crippen molar-refractivity contribution in [3.63, 3.8) is 0 Å². The lowest BCUT2D eigenvalue weighted by Crippen LogP contribution is -2.73. The van der Waals surface area contributed by atoms with E-state index in [4.69, 9.17) is 25.7 Å². The molecular weight excluding hydrogens is 334 g/mol. The Morgan fingerprint density at radius 1 is 0.880 bits per heavy atom. The van der Waals surface area contributed by atoms with E-state index in [2.05, 4.69) is 0 Å². The SMILES string of the molecule is NC(CC1CO1)(CC1CO1)C(N)(CC1CO1)n1c(=O)[nH]c(=O)[nH]c1=O. The third kappa shape index (κ3) is 3.20. The number of ether oxygens (including phenoxy) is 3. The molecule has 0 radical (unpaired) electrons. The van der Waals surface area contributed by atoms with Crippen molar-refractivity contribution in [2.45, 2.75) is 48.8 Å². The minimum Gasteiger partial charge on any atom is -0.373 e. The molecule has 4 heterocycles. The van der Waals surface area contributed by atoms with Gasteiger partial charge in [-0.3, -0.25) is 9.97 Å². The van der Waals surface area contributed by atoms with Gasteiger partial charge in [0.1, 0.15) is 5.66 Å². The number of aromatic nitrogens is 3. The van der Waals surface area contributed by atoms with E-state index in [1.54, 1.807) is 0 Å². The van der Waals surface area contributed by atoms with Crippen molar-refractivity contribution in [2.75, 3.05) is 19.8 Å². The molecule has 6 N–H and O–H groups in total. The summed E-state index contributed by atoms with van der Waals surface area (Å²) in [4.78, 5) is 40.3. The van der Waals surface area contributed by atoms with Gasteiger partial charge in [0, 0.05) is 6.42 Å². The highest BCUT2D eigenvalue weighted by molar-refractivity contribution is 5.10. The normalized spacial score (nSPS) is 31.8. The lowest BCUT2D eigenvalue weighted by atomic mass is 9.75. The number of H-pyrrole nitrogens is 2. The van der Waals surface area contributed by atoms with Gasteiger partial charge in [0.2, 0.25) is 0 Å². The van der Waals surface area contributed by atoms with E-state index in [1.807, 2.05) is 9.97 Å². The van der Waals surface area contributed by atoms with Crippen LogP contribution < -0.4 is 28.5 Å². The monoisotopic (exact) mass is 355 g/mol. The van der Waals surface area contributed by atoms with Gasteiger partial charge >= 0.3 is 17.1 Å². The molecule has 3 aliphatic rings. The molecule has 0 aliphatic carbocycles. The standard InChI is InChI=1S/C14H21N5O6/c15-13(1-7-4-23-7,2-8-5-24-8)14(16,3-9-6-25-9)19-11(21)17-10(20)18-12(19)22/h7-9H,1-6,15-16H2,(H2,17,18,20,21,22). The molecule has 3 fully saturated rings. The zero-order valence-electron chi connectivity index (χ0n) is 13.5. The molecule has 0 saturated carbocycles. The van der Waals surface area contributed by atoms with Crippen LogP contribution in [-0.2, 0) is 19.9 Å². The number of aromatic amines is 2. The predicted octanol–water partition coefficient (Wildman–Crippen LogP) is -3.10. The second kappa shape index (κ2) is 5.61. The zero-order chi connectivity index (χ0) is 17.8. The Morgan fingerprint density at radius 3 is 1.68 bits per heavy atom. The van der Waals surface area contributed by atoms with Crippen molar-refractivity contribution < 1.29 is 14.2 Å². The minimum absolute atomic E-state index is 0.0793. The van der Waals surface area contributed by atoms with Crippen LogP contribution in [0, 0.1) is 0 Å². The summed E-state index contributed by atoms with van der Waals surface area (Å²) in [5.41, 5.74) is 7.92. The number of nitrogens with zero attached hydrogens (tertiary/aromatic N) is 1. The van der Waals surface area contributed by atoms with Crippen LogP contribution >= 0.6 is 0 Å². The average Bonchev–Trinajstić information content (AvgIpc) is 3.31. The number of nitrogens with two attached hydrogens (primary N) is 2. The summed E-state index contributed by atoms with van der Waals surface area (Å²) >= 11 is 0. The number of epoxide rings is 3. The number of nitrogens with one attached hydrogen (secondary N) is 2. The summed E-state index contributed by atoms with van der Waals surface area (Å²) in [6, 6.07) is 0. The van der Waals surface area contributed by atoms with Gasteiger partial charge in [-0.25, -0.2) is 19.0 Å². The van der Waals surface area contributed by atoms with Gasteiger partial charge in [-0.15, -0.1) is 0 Å². The predicted molar refractivity (Wildman–Crippen MR) is 84.1 cm³/mol. The molecule has 0 bridgehead atoms. The Hall–Kier alpha value is -1.79. The van der Waals surface area contributed by atoms with Crippen LogP contribution in [0.4, 0.5) is 0 Å². The van der Waals surface area contributed by atoms with E-state index in [1.165, 1.54) is 0 Å². The molecule has 11 nitrogen and oxygen atoms in total. The molecule has 4 rings (SSSR count). The Balaban J connectivity index is 1.83. The van der Waals surface area contributed by atoms with E-state index in [0.29, 0.717) is 32.7 Å². The maximum atomic E-state index is 12.4. The Labute approximate surface area is 141 Å². The van der Waals surface area contributed by atoms with Crippen LogP contribution in [0.2, 0.25) is 0 Å². The van der Waals surface area contributed by atoms with Crippen molar-refractivity contribution in [1.82, 2.24) is 14.5 Å². The van der Waals surface area contributed by atoms with Gasteiger partial charge < -0.3 is 25.7 Å². The Bertz CT molecular complexity index is 785. The van der Waals surface area contributed by atoms with Gasteiger partial charge in [-0.1, -0.05) is 0 Å². The maximum absolute atomic E-state index is 12.4. The maximum Gasteiger partial charge on any atom is 0.335 e. The first kappa shape index (κ1) is 16.7. The highest BCUT2D eigenvalue weighted by atomic mass is 16.6. The second-order valence-corrected chi connectivity index (χ2v) is 7.08. The Kier molecular flexibility index (Phi) is 3.74. The van der Waals surface area contributed by atoms with Gasteiger partial charge in [0.15, 0.2) is 0 Å². The van der Waals surface area contributed by atoms with Crippen LogP contribution in [0.25, 0.3) is 0 Å². The highest BCUT2D eigenvalue weighted by Gasteiger charge is 2.56. The minimum atomic E-state index is -1.57. The molecule has 0 aromatic carbocycles. The van der Waals surface area contributed by atoms with Crippen LogP contribution in [0.1, 0.15) is 19.3 Å². The van der Waals surface area contributed by atoms with Crippen molar-refractivity contribution in [1.29, 1.82) is 0 Å². The third-order valence-electron chi connectivity index (χ3n) is 5.04. The molecule has 4 atom stereocenters. The number of hydrogen-bond acceptors (Lipinski definition) is 8. The first-order valence-electron chi connectivity index (χ1n) is 8.19. The first-order chi connectivity index (χ1) is 11.8. The largest absolute Gasteiger partial charge is 0.373 e. The van der Waals surface area contributed by atoms with Crippen LogP contribution in [0.5, 0.6) is 0 Å². The topological polar surface area (TPSA) is 177 Å². The van der Waals surface area contributed by atoms with E-state index < -0.39 is 28.3 Å². The van der Waals surface area contributed by atoms with E-state index in [0.717, 1.165) is 4.57 Å². The fraction of sp³-hybridized carbons (Fsp3) is 0.786. The van der Waals surface area contributed by atoms with Crippen molar-refractivity contribution in [3.8, 4) is 0 Å². The molecule has 138 valence electrons. The summed E-state index contributed by atoms with van der Waals surface area (Å²) < 4.78 is 16.7.